The molecule has 16 heavy (non-hydrogen) atoms. The van der Waals surface area contributed by atoms with Gasteiger partial charge in [0.2, 0.25) is 0 Å². The molecular weight excluding hydrogens is 198 g/mol. The fourth-order valence-electron chi connectivity index (χ4n) is 2.10. The number of nitriles is 1. The Hall–Kier alpha value is -1.49. The summed E-state index contributed by atoms with van der Waals surface area (Å²) in [6.07, 6.45) is 2.99. The molecule has 84 valence electrons. The van der Waals surface area contributed by atoms with Crippen molar-refractivity contribution in [3.8, 4) is 11.8 Å². The zero-order valence-corrected chi connectivity index (χ0v) is 10.1. The minimum absolute atomic E-state index is 0.0637. The molecule has 0 aromatic heterocycles. The van der Waals surface area contributed by atoms with Gasteiger partial charge in [0.15, 0.2) is 0 Å². The zero-order chi connectivity index (χ0) is 11.8. The van der Waals surface area contributed by atoms with E-state index >= 15 is 0 Å². The van der Waals surface area contributed by atoms with Gasteiger partial charge in [-0.3, -0.25) is 0 Å². The van der Waals surface area contributed by atoms with Crippen LogP contribution in [0.1, 0.15) is 29.5 Å². The second-order valence-electron chi connectivity index (χ2n) is 4.82. The third-order valence-electron chi connectivity index (χ3n) is 3.47. The zero-order valence-electron chi connectivity index (χ0n) is 10.1. The van der Waals surface area contributed by atoms with E-state index in [1.165, 1.54) is 11.1 Å². The fourth-order valence-corrected chi connectivity index (χ4v) is 2.10. The second-order valence-corrected chi connectivity index (χ2v) is 4.82. The standard InChI is InChI=1S/C14H17NO/c1-10-7-13(16-3)11(2)6-12(10)8-14(9-15)4-5-14/h6-7H,4-5,8H2,1-3H3. The monoisotopic (exact) mass is 215 g/mol. The molecule has 1 aliphatic carbocycles. The number of nitrogens with zero attached hydrogens (tertiary/aromatic N) is 1. The molecule has 1 saturated carbocycles. The summed E-state index contributed by atoms with van der Waals surface area (Å²) in [4.78, 5) is 0. The molecule has 0 saturated heterocycles. The first-order valence-electron chi connectivity index (χ1n) is 5.65. The number of aryl methyl sites for hydroxylation is 2. The number of benzene rings is 1. The van der Waals surface area contributed by atoms with E-state index in [0.29, 0.717) is 0 Å². The van der Waals surface area contributed by atoms with Gasteiger partial charge in [0.1, 0.15) is 5.75 Å². The maximum absolute atomic E-state index is 9.10. The average molecular weight is 215 g/mol. The van der Waals surface area contributed by atoms with Crippen molar-refractivity contribution in [1.29, 1.82) is 5.26 Å². The lowest BCUT2D eigenvalue weighted by Crippen LogP contribution is -2.04. The van der Waals surface area contributed by atoms with Crippen LogP contribution in [0.4, 0.5) is 0 Å². The first-order chi connectivity index (χ1) is 7.60. The van der Waals surface area contributed by atoms with Crippen molar-refractivity contribution in [1.82, 2.24) is 0 Å². The minimum Gasteiger partial charge on any atom is -0.496 e. The molecule has 1 aromatic rings. The number of methoxy groups -OCH3 is 1. The van der Waals surface area contributed by atoms with E-state index in [9.17, 15) is 0 Å². The van der Waals surface area contributed by atoms with Gasteiger partial charge in [-0.2, -0.15) is 5.26 Å². The molecule has 0 bridgehead atoms. The Labute approximate surface area is 96.9 Å². The molecule has 0 radical (unpaired) electrons. The Bertz CT molecular complexity index is 453. The van der Waals surface area contributed by atoms with Crippen LogP contribution in [0.25, 0.3) is 0 Å². The molecule has 2 nitrogen and oxygen atoms in total. The second kappa shape index (κ2) is 3.83. The SMILES string of the molecule is COc1cc(C)c(CC2(C#N)CC2)cc1C. The van der Waals surface area contributed by atoms with Gasteiger partial charge in [-0.25, -0.2) is 0 Å². The number of hydrogen-bond acceptors (Lipinski definition) is 2. The molecule has 0 atom stereocenters. The van der Waals surface area contributed by atoms with Gasteiger partial charge in [-0.1, -0.05) is 6.07 Å². The van der Waals surface area contributed by atoms with Crippen molar-refractivity contribution < 1.29 is 4.74 Å². The van der Waals surface area contributed by atoms with Crippen molar-refractivity contribution in [2.75, 3.05) is 7.11 Å². The van der Waals surface area contributed by atoms with Gasteiger partial charge in [-0.15, -0.1) is 0 Å². The molecule has 2 heteroatoms. The van der Waals surface area contributed by atoms with Gasteiger partial charge in [0.25, 0.3) is 0 Å². The predicted molar refractivity (Wildman–Crippen MR) is 63.5 cm³/mol. The van der Waals surface area contributed by atoms with E-state index in [-0.39, 0.29) is 5.41 Å². The van der Waals surface area contributed by atoms with E-state index in [0.717, 1.165) is 30.6 Å². The van der Waals surface area contributed by atoms with Crippen molar-refractivity contribution in [3.63, 3.8) is 0 Å². The van der Waals surface area contributed by atoms with Crippen molar-refractivity contribution >= 4 is 0 Å². The third-order valence-corrected chi connectivity index (χ3v) is 3.47. The lowest BCUT2D eigenvalue weighted by Gasteiger charge is -2.13. The van der Waals surface area contributed by atoms with Gasteiger partial charge in [0.05, 0.1) is 18.6 Å². The lowest BCUT2D eigenvalue weighted by atomic mass is 9.93. The molecule has 0 spiro atoms. The summed E-state index contributed by atoms with van der Waals surface area (Å²) in [5.74, 6) is 0.933. The number of ether oxygens (including phenoxy) is 1. The van der Waals surface area contributed by atoms with E-state index in [1.54, 1.807) is 7.11 Å². The number of hydrogen-bond donors (Lipinski definition) is 0. The Kier molecular flexibility index (Phi) is 2.63. The van der Waals surface area contributed by atoms with Crippen LogP contribution >= 0.6 is 0 Å². The maximum Gasteiger partial charge on any atom is 0.122 e. The largest absolute Gasteiger partial charge is 0.496 e. The Morgan fingerprint density at radius 2 is 2.00 bits per heavy atom. The molecule has 0 aliphatic heterocycles. The first-order valence-corrected chi connectivity index (χ1v) is 5.65. The highest BCUT2D eigenvalue weighted by atomic mass is 16.5. The molecule has 0 amide bonds. The van der Waals surface area contributed by atoms with Crippen LogP contribution in [-0.4, -0.2) is 7.11 Å². The molecule has 0 N–H and O–H groups in total. The summed E-state index contributed by atoms with van der Waals surface area (Å²) >= 11 is 0. The Balaban J connectivity index is 2.29. The van der Waals surface area contributed by atoms with Crippen LogP contribution in [0, 0.1) is 30.6 Å². The van der Waals surface area contributed by atoms with Gasteiger partial charge in [-0.05, 0) is 55.9 Å². The fraction of sp³-hybridized carbons (Fsp3) is 0.500. The molecule has 1 aliphatic rings. The molecular formula is C14H17NO. The maximum atomic E-state index is 9.10. The Morgan fingerprint density at radius 1 is 1.31 bits per heavy atom. The minimum atomic E-state index is -0.0637. The topological polar surface area (TPSA) is 33.0 Å². The van der Waals surface area contributed by atoms with Crippen molar-refractivity contribution in [2.24, 2.45) is 5.41 Å². The summed E-state index contributed by atoms with van der Waals surface area (Å²) in [5.41, 5.74) is 3.60. The van der Waals surface area contributed by atoms with Crippen molar-refractivity contribution in [3.05, 3.63) is 28.8 Å². The molecule has 1 aromatic carbocycles. The molecule has 0 unspecified atom stereocenters. The lowest BCUT2D eigenvalue weighted by molar-refractivity contribution is 0.411. The summed E-state index contributed by atoms with van der Waals surface area (Å²) in [5, 5.41) is 9.10. The highest BCUT2D eigenvalue weighted by Gasteiger charge is 2.43. The van der Waals surface area contributed by atoms with Crippen LogP contribution < -0.4 is 4.74 Å². The smallest absolute Gasteiger partial charge is 0.122 e. The normalized spacial score (nSPS) is 16.6. The summed E-state index contributed by atoms with van der Waals surface area (Å²) in [7, 11) is 1.69. The summed E-state index contributed by atoms with van der Waals surface area (Å²) < 4.78 is 5.29. The van der Waals surface area contributed by atoms with E-state index < -0.39 is 0 Å². The van der Waals surface area contributed by atoms with Crippen LogP contribution in [0.2, 0.25) is 0 Å². The van der Waals surface area contributed by atoms with Crippen LogP contribution in [0.3, 0.4) is 0 Å². The van der Waals surface area contributed by atoms with Crippen LogP contribution in [0.15, 0.2) is 12.1 Å². The average Bonchev–Trinajstić information content (AvgIpc) is 3.03. The van der Waals surface area contributed by atoms with Crippen LogP contribution in [0.5, 0.6) is 5.75 Å². The quantitative estimate of drug-likeness (QED) is 0.776. The molecule has 2 rings (SSSR count). The number of rotatable bonds is 3. The van der Waals surface area contributed by atoms with E-state index in [2.05, 4.69) is 25.1 Å². The van der Waals surface area contributed by atoms with Crippen LogP contribution in [-0.2, 0) is 6.42 Å². The highest BCUT2D eigenvalue weighted by Crippen LogP contribution is 2.48. The van der Waals surface area contributed by atoms with E-state index in [1.807, 2.05) is 6.92 Å². The summed E-state index contributed by atoms with van der Waals surface area (Å²) in [6, 6.07) is 6.67. The van der Waals surface area contributed by atoms with Crippen molar-refractivity contribution in [2.45, 2.75) is 33.1 Å². The van der Waals surface area contributed by atoms with E-state index in [4.69, 9.17) is 10.00 Å². The first kappa shape index (κ1) is 11.0. The summed E-state index contributed by atoms with van der Waals surface area (Å²) in [6.45, 7) is 4.14. The van der Waals surface area contributed by atoms with Gasteiger partial charge in [0, 0.05) is 0 Å². The molecule has 0 heterocycles. The Morgan fingerprint density at radius 3 is 2.50 bits per heavy atom. The predicted octanol–water partition coefficient (Wildman–Crippen LogP) is 3.16. The highest BCUT2D eigenvalue weighted by molar-refractivity contribution is 5.42. The van der Waals surface area contributed by atoms with Gasteiger partial charge < -0.3 is 4.74 Å². The molecule has 1 fully saturated rings. The van der Waals surface area contributed by atoms with Gasteiger partial charge >= 0.3 is 0 Å². The third kappa shape index (κ3) is 1.90.